The molecule has 12 heavy (non-hydrogen) atoms. The highest BCUT2D eigenvalue weighted by Crippen LogP contribution is 2.25. The highest BCUT2D eigenvalue weighted by Gasteiger charge is 2.40. The van der Waals surface area contributed by atoms with Crippen LogP contribution < -0.4 is 0 Å². The monoisotopic (exact) mass is 228 g/mol. The van der Waals surface area contributed by atoms with Crippen LogP contribution in [-0.2, 0) is 9.05 Å². The van der Waals surface area contributed by atoms with E-state index in [4.69, 9.17) is 0 Å². The van der Waals surface area contributed by atoms with E-state index in [1.165, 1.54) is 0 Å². The molecule has 8 heteroatoms. The van der Waals surface area contributed by atoms with Crippen LogP contribution in [0.5, 0.6) is 0 Å². The summed E-state index contributed by atoms with van der Waals surface area (Å²) in [6, 6.07) is 0. The first kappa shape index (κ1) is 12.0. The van der Waals surface area contributed by atoms with E-state index >= 15 is 0 Å². The van der Waals surface area contributed by atoms with Gasteiger partial charge in [0.05, 0.1) is 5.75 Å². The van der Waals surface area contributed by atoms with Crippen molar-refractivity contribution < 1.29 is 26.0 Å². The van der Waals surface area contributed by atoms with E-state index in [-0.39, 0.29) is 0 Å². The van der Waals surface area contributed by atoms with E-state index in [0.717, 1.165) is 0 Å². The molecular weight excluding hydrogens is 224 g/mol. The second-order valence-electron chi connectivity index (χ2n) is 2.04. The van der Waals surface area contributed by atoms with Gasteiger partial charge < -0.3 is 0 Å². The van der Waals surface area contributed by atoms with Gasteiger partial charge in [-0.2, -0.15) is 13.2 Å². The lowest BCUT2D eigenvalue weighted by molar-refractivity contribution is -0.180. The molecule has 1 atom stereocenters. The molecule has 0 aromatic carbocycles. The van der Waals surface area contributed by atoms with Crippen molar-refractivity contribution in [3.63, 3.8) is 0 Å². The second-order valence-corrected chi connectivity index (χ2v) is 4.94. The Labute approximate surface area is 70.9 Å². The van der Waals surface area contributed by atoms with Crippen molar-refractivity contribution in [2.45, 2.75) is 18.8 Å². The summed E-state index contributed by atoms with van der Waals surface area (Å²) in [5.41, 5.74) is 0. The summed E-state index contributed by atoms with van der Waals surface area (Å²) in [5.74, 6) is -1.02. The number of hydrogen-bond donors (Lipinski definition) is 0. The molecule has 0 N–H and O–H groups in total. The summed E-state index contributed by atoms with van der Waals surface area (Å²) in [5, 5.41) is 0. The van der Waals surface area contributed by atoms with Crippen molar-refractivity contribution in [2.24, 2.45) is 0 Å². The summed E-state index contributed by atoms with van der Waals surface area (Å²) in [6.07, 6.45) is -9.30. The molecule has 0 amide bonds. The molecule has 74 valence electrons. The first-order chi connectivity index (χ1) is 5.13. The standard InChI is InChI=1S/C4H5ClF4O2S/c5-12(10,11)2-1-3(6)4(7,8)9/h3H,1-2H2. The van der Waals surface area contributed by atoms with Crippen molar-refractivity contribution >= 4 is 19.7 Å². The fraction of sp³-hybridized carbons (Fsp3) is 1.00. The number of rotatable bonds is 3. The van der Waals surface area contributed by atoms with Crippen LogP contribution in [0.25, 0.3) is 0 Å². The average molecular weight is 229 g/mol. The van der Waals surface area contributed by atoms with Gasteiger partial charge in [-0.05, 0) is 0 Å². The fourth-order valence-corrected chi connectivity index (χ4v) is 1.16. The third kappa shape index (κ3) is 5.59. The van der Waals surface area contributed by atoms with Crippen LogP contribution in [0.2, 0.25) is 0 Å². The summed E-state index contributed by atoms with van der Waals surface area (Å²) >= 11 is 0. The van der Waals surface area contributed by atoms with Gasteiger partial charge in [-0.25, -0.2) is 12.8 Å². The minimum absolute atomic E-state index is 1.02. The molecule has 1 unspecified atom stereocenters. The zero-order valence-electron chi connectivity index (χ0n) is 5.61. The molecule has 0 aromatic rings. The van der Waals surface area contributed by atoms with Gasteiger partial charge in [0.15, 0.2) is 6.17 Å². The first-order valence-electron chi connectivity index (χ1n) is 2.76. The molecule has 0 rings (SSSR count). The zero-order chi connectivity index (χ0) is 9.99. The molecular formula is C4H5ClF4O2S. The van der Waals surface area contributed by atoms with Crippen molar-refractivity contribution in [1.82, 2.24) is 0 Å². The zero-order valence-corrected chi connectivity index (χ0v) is 7.18. The van der Waals surface area contributed by atoms with Crippen molar-refractivity contribution in [3.8, 4) is 0 Å². The third-order valence-electron chi connectivity index (χ3n) is 0.970. The van der Waals surface area contributed by atoms with Crippen LogP contribution in [0.1, 0.15) is 6.42 Å². The maximum Gasteiger partial charge on any atom is 0.419 e. The Morgan fingerprint density at radius 3 is 2.00 bits per heavy atom. The Bertz CT molecular complexity index is 234. The molecule has 2 nitrogen and oxygen atoms in total. The van der Waals surface area contributed by atoms with Crippen LogP contribution >= 0.6 is 10.7 Å². The molecule has 0 saturated carbocycles. The summed E-state index contributed by atoms with van der Waals surface area (Å²) < 4.78 is 66.4. The minimum atomic E-state index is -5.01. The Balaban J connectivity index is 3.97. The number of halogens is 5. The second kappa shape index (κ2) is 3.78. The Morgan fingerprint density at radius 2 is 1.75 bits per heavy atom. The molecule has 0 fully saturated rings. The van der Waals surface area contributed by atoms with Gasteiger partial charge in [-0.1, -0.05) is 0 Å². The molecule has 0 aromatic heterocycles. The number of hydrogen-bond acceptors (Lipinski definition) is 2. The fourth-order valence-electron chi connectivity index (χ4n) is 0.408. The normalized spacial score (nSPS) is 16.1. The minimum Gasteiger partial charge on any atom is -0.237 e. The Hall–Kier alpha value is -0.0400. The molecule has 0 aliphatic carbocycles. The predicted molar refractivity (Wildman–Crippen MR) is 35.2 cm³/mol. The van der Waals surface area contributed by atoms with E-state index in [1.54, 1.807) is 0 Å². The van der Waals surface area contributed by atoms with Gasteiger partial charge in [0, 0.05) is 17.1 Å². The van der Waals surface area contributed by atoms with E-state index in [9.17, 15) is 26.0 Å². The van der Waals surface area contributed by atoms with Crippen molar-refractivity contribution in [3.05, 3.63) is 0 Å². The topological polar surface area (TPSA) is 34.1 Å². The van der Waals surface area contributed by atoms with Gasteiger partial charge in [0.1, 0.15) is 0 Å². The largest absolute Gasteiger partial charge is 0.419 e. The van der Waals surface area contributed by atoms with Gasteiger partial charge >= 0.3 is 6.18 Å². The lowest BCUT2D eigenvalue weighted by Crippen LogP contribution is -2.26. The van der Waals surface area contributed by atoms with E-state index < -0.39 is 33.6 Å². The molecule has 0 heterocycles. The van der Waals surface area contributed by atoms with E-state index in [2.05, 4.69) is 10.7 Å². The molecule has 0 bridgehead atoms. The highest BCUT2D eigenvalue weighted by atomic mass is 35.7. The lowest BCUT2D eigenvalue weighted by Gasteiger charge is -2.10. The number of alkyl halides is 4. The Morgan fingerprint density at radius 1 is 1.33 bits per heavy atom. The maximum absolute atomic E-state index is 12.0. The van der Waals surface area contributed by atoms with Crippen molar-refractivity contribution in [2.75, 3.05) is 5.75 Å². The van der Waals surface area contributed by atoms with Crippen LogP contribution in [0.3, 0.4) is 0 Å². The average Bonchev–Trinajstić information content (AvgIpc) is 1.78. The molecule has 0 aliphatic rings. The molecule has 0 spiro atoms. The SMILES string of the molecule is O=S(=O)(Cl)CCC(F)C(F)(F)F. The van der Waals surface area contributed by atoms with Gasteiger partial charge in [-0.3, -0.25) is 0 Å². The molecule has 0 aliphatic heterocycles. The third-order valence-corrected chi connectivity index (χ3v) is 2.16. The summed E-state index contributed by atoms with van der Waals surface area (Å²) in [4.78, 5) is 0. The van der Waals surface area contributed by atoms with Crippen LogP contribution in [0.4, 0.5) is 17.6 Å². The summed E-state index contributed by atoms with van der Waals surface area (Å²) in [6.45, 7) is 0. The molecule has 0 saturated heterocycles. The predicted octanol–water partition coefficient (Wildman–Crippen LogP) is 1.85. The maximum atomic E-state index is 12.0. The van der Waals surface area contributed by atoms with E-state index in [1.807, 2.05) is 0 Å². The summed E-state index contributed by atoms with van der Waals surface area (Å²) in [7, 11) is 0.518. The Kier molecular flexibility index (Phi) is 3.77. The highest BCUT2D eigenvalue weighted by molar-refractivity contribution is 8.13. The van der Waals surface area contributed by atoms with Gasteiger partial charge in [0.2, 0.25) is 9.05 Å². The van der Waals surface area contributed by atoms with Crippen LogP contribution in [0, 0.1) is 0 Å². The van der Waals surface area contributed by atoms with Crippen molar-refractivity contribution in [1.29, 1.82) is 0 Å². The van der Waals surface area contributed by atoms with E-state index in [0.29, 0.717) is 0 Å². The smallest absolute Gasteiger partial charge is 0.237 e. The quantitative estimate of drug-likeness (QED) is 0.546. The van der Waals surface area contributed by atoms with Crippen LogP contribution in [-0.4, -0.2) is 26.5 Å². The first-order valence-corrected chi connectivity index (χ1v) is 5.24. The lowest BCUT2D eigenvalue weighted by atomic mass is 10.3. The van der Waals surface area contributed by atoms with Gasteiger partial charge in [0.25, 0.3) is 0 Å². The van der Waals surface area contributed by atoms with Crippen LogP contribution in [0.15, 0.2) is 0 Å². The molecule has 0 radical (unpaired) electrons. The van der Waals surface area contributed by atoms with Gasteiger partial charge in [-0.15, -0.1) is 0 Å².